The van der Waals surface area contributed by atoms with Crippen LogP contribution in [-0.2, 0) is 17.8 Å². The zero-order valence-electron chi connectivity index (χ0n) is 11.0. The molecule has 0 fully saturated rings. The number of benzene rings is 2. The monoisotopic (exact) mass is 256 g/mol. The van der Waals surface area contributed by atoms with Crippen molar-refractivity contribution in [1.29, 1.82) is 0 Å². The van der Waals surface area contributed by atoms with Crippen molar-refractivity contribution in [1.82, 2.24) is 0 Å². The van der Waals surface area contributed by atoms with Gasteiger partial charge in [0.15, 0.2) is 0 Å². The average molecular weight is 256 g/mol. The van der Waals surface area contributed by atoms with Gasteiger partial charge in [0.1, 0.15) is 0 Å². The molecule has 2 rings (SSSR count). The third-order valence-corrected chi connectivity index (χ3v) is 3.09. The van der Waals surface area contributed by atoms with E-state index in [1.807, 2.05) is 48.5 Å². The van der Waals surface area contributed by atoms with Crippen LogP contribution in [0.25, 0.3) is 0 Å². The molecule has 1 N–H and O–H groups in total. The van der Waals surface area contributed by atoms with Gasteiger partial charge in [0.25, 0.3) is 0 Å². The lowest BCUT2D eigenvalue weighted by Crippen LogP contribution is -2.16. The standard InChI is InChI=1S/C17H20O2/c18-12-17(11-15-7-3-1-4-8-15)14-19-13-16-9-5-2-6-10-16/h1-10,17-18H,11-14H2/t17-/m0/s1. The van der Waals surface area contributed by atoms with E-state index in [4.69, 9.17) is 4.74 Å². The summed E-state index contributed by atoms with van der Waals surface area (Å²) in [5.74, 6) is 0.158. The van der Waals surface area contributed by atoms with E-state index < -0.39 is 0 Å². The normalized spacial score (nSPS) is 12.3. The zero-order valence-corrected chi connectivity index (χ0v) is 11.0. The number of aliphatic hydroxyl groups excluding tert-OH is 1. The first-order valence-electron chi connectivity index (χ1n) is 6.65. The number of rotatable bonds is 7. The van der Waals surface area contributed by atoms with Crippen molar-refractivity contribution in [2.45, 2.75) is 13.0 Å². The molecule has 19 heavy (non-hydrogen) atoms. The van der Waals surface area contributed by atoms with Gasteiger partial charge in [0.2, 0.25) is 0 Å². The lowest BCUT2D eigenvalue weighted by molar-refractivity contribution is 0.0630. The molecule has 0 unspecified atom stereocenters. The maximum absolute atomic E-state index is 9.40. The predicted octanol–water partition coefficient (Wildman–Crippen LogP) is 3.05. The molecule has 100 valence electrons. The van der Waals surface area contributed by atoms with Gasteiger partial charge in [-0.3, -0.25) is 0 Å². The van der Waals surface area contributed by atoms with E-state index in [1.165, 1.54) is 11.1 Å². The average Bonchev–Trinajstić information content (AvgIpc) is 2.48. The smallest absolute Gasteiger partial charge is 0.0717 e. The van der Waals surface area contributed by atoms with Gasteiger partial charge >= 0.3 is 0 Å². The Kier molecular flexibility index (Phi) is 5.60. The minimum absolute atomic E-state index is 0.156. The van der Waals surface area contributed by atoms with Crippen LogP contribution in [0.5, 0.6) is 0 Å². The lowest BCUT2D eigenvalue weighted by Gasteiger charge is -2.14. The van der Waals surface area contributed by atoms with Crippen molar-refractivity contribution in [3.8, 4) is 0 Å². The van der Waals surface area contributed by atoms with Crippen molar-refractivity contribution in [2.24, 2.45) is 5.92 Å². The second kappa shape index (κ2) is 7.72. The van der Waals surface area contributed by atoms with E-state index in [0.29, 0.717) is 13.2 Å². The van der Waals surface area contributed by atoms with Gasteiger partial charge in [-0.2, -0.15) is 0 Å². The molecule has 0 spiro atoms. The fourth-order valence-electron chi connectivity index (χ4n) is 2.04. The lowest BCUT2D eigenvalue weighted by atomic mass is 10.0. The van der Waals surface area contributed by atoms with Crippen molar-refractivity contribution >= 4 is 0 Å². The summed E-state index contributed by atoms with van der Waals surface area (Å²) in [6.45, 7) is 1.34. The summed E-state index contributed by atoms with van der Waals surface area (Å²) in [7, 11) is 0. The van der Waals surface area contributed by atoms with E-state index in [9.17, 15) is 5.11 Å². The maximum Gasteiger partial charge on any atom is 0.0717 e. The molecule has 2 aromatic carbocycles. The summed E-state index contributed by atoms with van der Waals surface area (Å²) in [4.78, 5) is 0. The number of aliphatic hydroxyl groups is 1. The highest BCUT2D eigenvalue weighted by Crippen LogP contribution is 2.10. The molecule has 1 atom stereocenters. The number of hydrogen-bond acceptors (Lipinski definition) is 2. The Balaban J connectivity index is 1.77. The highest BCUT2D eigenvalue weighted by Gasteiger charge is 2.08. The summed E-state index contributed by atoms with van der Waals surface area (Å²) in [5.41, 5.74) is 2.41. The summed E-state index contributed by atoms with van der Waals surface area (Å²) < 4.78 is 5.68. The molecule has 2 heteroatoms. The highest BCUT2D eigenvalue weighted by molar-refractivity contribution is 5.15. The minimum atomic E-state index is 0.156. The molecule has 0 aliphatic carbocycles. The number of ether oxygens (including phenoxy) is 1. The third kappa shape index (κ3) is 4.86. The van der Waals surface area contributed by atoms with E-state index >= 15 is 0 Å². The first kappa shape index (κ1) is 13.8. The van der Waals surface area contributed by atoms with Crippen LogP contribution in [-0.4, -0.2) is 18.3 Å². The van der Waals surface area contributed by atoms with Crippen LogP contribution in [0.1, 0.15) is 11.1 Å². The van der Waals surface area contributed by atoms with Gasteiger partial charge in [0, 0.05) is 12.5 Å². The van der Waals surface area contributed by atoms with Gasteiger partial charge < -0.3 is 9.84 Å². The van der Waals surface area contributed by atoms with Crippen LogP contribution in [0.2, 0.25) is 0 Å². The van der Waals surface area contributed by atoms with Crippen molar-refractivity contribution in [2.75, 3.05) is 13.2 Å². The third-order valence-electron chi connectivity index (χ3n) is 3.09. The Morgan fingerprint density at radius 3 is 2.00 bits per heavy atom. The van der Waals surface area contributed by atoms with Crippen LogP contribution >= 0.6 is 0 Å². The maximum atomic E-state index is 9.40. The Labute approximate surface area is 114 Å². The quantitative estimate of drug-likeness (QED) is 0.825. The molecule has 0 saturated heterocycles. The van der Waals surface area contributed by atoms with Crippen LogP contribution in [0.4, 0.5) is 0 Å². The number of hydrogen-bond donors (Lipinski definition) is 1. The fourth-order valence-corrected chi connectivity index (χ4v) is 2.04. The van der Waals surface area contributed by atoms with Gasteiger partial charge in [-0.25, -0.2) is 0 Å². The SMILES string of the molecule is OC[C@@H](COCc1ccccc1)Cc1ccccc1. The second-order valence-corrected chi connectivity index (χ2v) is 4.74. The molecule has 0 amide bonds. The Bertz CT molecular complexity index is 453. The van der Waals surface area contributed by atoms with Crippen molar-refractivity contribution in [3.05, 3.63) is 71.8 Å². The summed E-state index contributed by atoms with van der Waals surface area (Å²) in [5, 5.41) is 9.40. The van der Waals surface area contributed by atoms with E-state index in [0.717, 1.165) is 6.42 Å². The largest absolute Gasteiger partial charge is 0.396 e. The van der Waals surface area contributed by atoms with Crippen LogP contribution in [0.15, 0.2) is 60.7 Å². The molecule has 0 aliphatic rings. The van der Waals surface area contributed by atoms with E-state index in [-0.39, 0.29) is 12.5 Å². The van der Waals surface area contributed by atoms with Crippen molar-refractivity contribution in [3.63, 3.8) is 0 Å². The van der Waals surface area contributed by atoms with E-state index in [1.54, 1.807) is 0 Å². The molecule has 0 bridgehead atoms. The molecule has 0 saturated carbocycles. The zero-order chi connectivity index (χ0) is 13.3. The molecule has 0 radical (unpaired) electrons. The molecule has 2 nitrogen and oxygen atoms in total. The van der Waals surface area contributed by atoms with Gasteiger partial charge in [0.05, 0.1) is 13.2 Å². The fraction of sp³-hybridized carbons (Fsp3) is 0.294. The Hall–Kier alpha value is -1.64. The summed E-state index contributed by atoms with van der Waals surface area (Å²) in [6.07, 6.45) is 0.853. The molecule has 2 aromatic rings. The summed E-state index contributed by atoms with van der Waals surface area (Å²) >= 11 is 0. The van der Waals surface area contributed by atoms with Gasteiger partial charge in [-0.05, 0) is 17.5 Å². The molecule has 0 heterocycles. The topological polar surface area (TPSA) is 29.5 Å². The first-order chi connectivity index (χ1) is 9.38. The second-order valence-electron chi connectivity index (χ2n) is 4.74. The highest BCUT2D eigenvalue weighted by atomic mass is 16.5. The Morgan fingerprint density at radius 2 is 1.42 bits per heavy atom. The molecule has 0 aliphatic heterocycles. The van der Waals surface area contributed by atoms with Crippen LogP contribution < -0.4 is 0 Å². The minimum Gasteiger partial charge on any atom is -0.396 e. The predicted molar refractivity (Wildman–Crippen MR) is 76.8 cm³/mol. The molecular formula is C17H20O2. The van der Waals surface area contributed by atoms with E-state index in [2.05, 4.69) is 12.1 Å². The van der Waals surface area contributed by atoms with Crippen molar-refractivity contribution < 1.29 is 9.84 Å². The van der Waals surface area contributed by atoms with Gasteiger partial charge in [-0.1, -0.05) is 60.7 Å². The van der Waals surface area contributed by atoms with Crippen LogP contribution in [0, 0.1) is 5.92 Å². The Morgan fingerprint density at radius 1 is 0.842 bits per heavy atom. The van der Waals surface area contributed by atoms with Gasteiger partial charge in [-0.15, -0.1) is 0 Å². The van der Waals surface area contributed by atoms with Crippen LogP contribution in [0.3, 0.4) is 0 Å². The molecular weight excluding hydrogens is 236 g/mol. The first-order valence-corrected chi connectivity index (χ1v) is 6.65. The summed E-state index contributed by atoms with van der Waals surface area (Å²) in [6, 6.07) is 20.3. The molecule has 0 aromatic heterocycles.